The first kappa shape index (κ1) is 18.4. The second kappa shape index (κ2) is 7.58. The topological polar surface area (TPSA) is 42.3 Å². The van der Waals surface area contributed by atoms with Crippen LogP contribution in [0.15, 0.2) is 0 Å². The molecule has 4 heteroatoms. The van der Waals surface area contributed by atoms with E-state index >= 15 is 0 Å². The number of rotatable bonds is 7. The first-order chi connectivity index (χ1) is 9.74. The summed E-state index contributed by atoms with van der Waals surface area (Å²) in [5.41, 5.74) is -0.0955. The van der Waals surface area contributed by atoms with Crippen LogP contribution < -0.4 is 5.32 Å². The van der Waals surface area contributed by atoms with Gasteiger partial charge in [0.15, 0.2) is 0 Å². The van der Waals surface area contributed by atoms with Crippen molar-refractivity contribution in [2.45, 2.75) is 71.0 Å². The maximum absolute atomic E-state index is 9.55. The van der Waals surface area contributed by atoms with Crippen molar-refractivity contribution in [1.82, 2.24) is 15.1 Å². The monoisotopic (exact) mass is 294 g/mol. The van der Waals surface area contributed by atoms with Crippen molar-refractivity contribution < 1.29 is 0 Å². The van der Waals surface area contributed by atoms with Crippen LogP contribution in [0.4, 0.5) is 0 Å². The van der Waals surface area contributed by atoms with E-state index in [9.17, 15) is 5.26 Å². The van der Waals surface area contributed by atoms with E-state index in [1.807, 2.05) is 0 Å². The van der Waals surface area contributed by atoms with Crippen molar-refractivity contribution in [3.05, 3.63) is 0 Å². The zero-order chi connectivity index (χ0) is 16.1. The zero-order valence-corrected chi connectivity index (χ0v) is 14.9. The lowest BCUT2D eigenvalue weighted by Gasteiger charge is -2.45. The second-order valence-corrected chi connectivity index (χ2v) is 7.46. The van der Waals surface area contributed by atoms with Crippen molar-refractivity contribution in [1.29, 1.82) is 5.26 Å². The Bertz CT molecular complexity index is 358. The maximum Gasteiger partial charge on any atom is 0.106 e. The van der Waals surface area contributed by atoms with Gasteiger partial charge in [-0.05, 0) is 60.5 Å². The molecule has 1 aliphatic rings. The standard InChI is InChI=1S/C17H34N4/c1-7-17(13-18,19-15(2)3)9-8-10-21-12-11-20(6)16(4,5)14-21/h15,19H,7-12,14H2,1-6H3. The molecule has 1 atom stereocenters. The highest BCUT2D eigenvalue weighted by atomic mass is 15.3. The largest absolute Gasteiger partial charge is 0.300 e. The molecule has 0 spiro atoms. The number of nitrogens with one attached hydrogen (secondary N) is 1. The lowest BCUT2D eigenvalue weighted by Crippen LogP contribution is -2.57. The van der Waals surface area contributed by atoms with Gasteiger partial charge in [-0.3, -0.25) is 10.2 Å². The number of piperazine rings is 1. The summed E-state index contributed by atoms with van der Waals surface area (Å²) in [5.74, 6) is 0. The molecule has 21 heavy (non-hydrogen) atoms. The van der Waals surface area contributed by atoms with Crippen LogP contribution in [-0.4, -0.2) is 60.1 Å². The van der Waals surface area contributed by atoms with Crippen molar-refractivity contribution in [3.63, 3.8) is 0 Å². The van der Waals surface area contributed by atoms with E-state index in [1.54, 1.807) is 0 Å². The Kier molecular flexibility index (Phi) is 6.65. The fourth-order valence-corrected chi connectivity index (χ4v) is 3.21. The van der Waals surface area contributed by atoms with Crippen LogP contribution in [-0.2, 0) is 0 Å². The molecule has 4 nitrogen and oxygen atoms in total. The minimum Gasteiger partial charge on any atom is -0.300 e. The van der Waals surface area contributed by atoms with Crippen molar-refractivity contribution in [3.8, 4) is 6.07 Å². The van der Waals surface area contributed by atoms with Gasteiger partial charge < -0.3 is 4.90 Å². The lowest BCUT2D eigenvalue weighted by atomic mass is 9.90. The van der Waals surface area contributed by atoms with Gasteiger partial charge in [0, 0.05) is 31.2 Å². The van der Waals surface area contributed by atoms with E-state index in [-0.39, 0.29) is 11.1 Å². The van der Waals surface area contributed by atoms with Crippen molar-refractivity contribution in [2.24, 2.45) is 0 Å². The quantitative estimate of drug-likeness (QED) is 0.783. The number of hydrogen-bond donors (Lipinski definition) is 1. The predicted molar refractivity (Wildman–Crippen MR) is 89.3 cm³/mol. The summed E-state index contributed by atoms with van der Waals surface area (Å²) in [6.45, 7) is 15.5. The van der Waals surface area contributed by atoms with Gasteiger partial charge in [0.1, 0.15) is 5.54 Å². The zero-order valence-electron chi connectivity index (χ0n) is 14.9. The Balaban J connectivity index is 2.46. The van der Waals surface area contributed by atoms with Crippen LogP contribution in [0.3, 0.4) is 0 Å². The molecule has 1 N–H and O–H groups in total. The fraction of sp³-hybridized carbons (Fsp3) is 0.941. The molecule has 1 saturated heterocycles. The molecule has 1 rings (SSSR count). The van der Waals surface area contributed by atoms with E-state index in [0.717, 1.165) is 45.4 Å². The normalized spacial score (nSPS) is 23.0. The summed E-state index contributed by atoms with van der Waals surface area (Å²) < 4.78 is 0. The molecule has 1 aliphatic heterocycles. The Morgan fingerprint density at radius 3 is 2.48 bits per heavy atom. The SMILES string of the molecule is CCC(C#N)(CCCN1CCN(C)C(C)(C)C1)NC(C)C. The Morgan fingerprint density at radius 2 is 2.00 bits per heavy atom. The number of likely N-dealkylation sites (N-methyl/N-ethyl adjacent to an activating group) is 1. The van der Waals surface area contributed by atoms with Crippen LogP contribution in [0.25, 0.3) is 0 Å². The smallest absolute Gasteiger partial charge is 0.106 e. The summed E-state index contributed by atoms with van der Waals surface area (Å²) in [7, 11) is 2.21. The highest BCUT2D eigenvalue weighted by Gasteiger charge is 2.32. The van der Waals surface area contributed by atoms with E-state index in [4.69, 9.17) is 0 Å². The third kappa shape index (κ3) is 5.25. The average Bonchev–Trinajstić information content (AvgIpc) is 2.41. The molecule has 0 aromatic rings. The molecular formula is C17H34N4. The summed E-state index contributed by atoms with van der Waals surface area (Å²) in [4.78, 5) is 4.99. The molecule has 0 radical (unpaired) electrons. The minimum absolute atomic E-state index is 0.255. The Morgan fingerprint density at radius 1 is 1.33 bits per heavy atom. The van der Waals surface area contributed by atoms with Gasteiger partial charge in [-0.1, -0.05) is 6.92 Å². The summed E-state index contributed by atoms with van der Waals surface area (Å²) in [6.07, 6.45) is 2.89. The molecule has 0 amide bonds. The van der Waals surface area contributed by atoms with E-state index in [0.29, 0.717) is 6.04 Å². The van der Waals surface area contributed by atoms with Gasteiger partial charge in [0.05, 0.1) is 6.07 Å². The third-order valence-electron chi connectivity index (χ3n) is 4.86. The van der Waals surface area contributed by atoms with Gasteiger partial charge in [-0.15, -0.1) is 0 Å². The lowest BCUT2D eigenvalue weighted by molar-refractivity contribution is 0.0385. The average molecular weight is 294 g/mol. The maximum atomic E-state index is 9.55. The van der Waals surface area contributed by atoms with Gasteiger partial charge >= 0.3 is 0 Å². The van der Waals surface area contributed by atoms with Crippen LogP contribution in [0, 0.1) is 11.3 Å². The fourth-order valence-electron chi connectivity index (χ4n) is 3.21. The molecule has 122 valence electrons. The third-order valence-corrected chi connectivity index (χ3v) is 4.86. The first-order valence-corrected chi connectivity index (χ1v) is 8.37. The number of nitriles is 1. The molecule has 1 heterocycles. The predicted octanol–water partition coefficient (Wildman–Crippen LogP) is 2.46. The number of nitrogens with zero attached hydrogens (tertiary/aromatic N) is 3. The molecule has 0 aromatic carbocycles. The van der Waals surface area contributed by atoms with Crippen LogP contribution in [0.2, 0.25) is 0 Å². The highest BCUT2D eigenvalue weighted by Crippen LogP contribution is 2.21. The summed E-state index contributed by atoms with van der Waals surface area (Å²) >= 11 is 0. The molecule has 0 bridgehead atoms. The molecule has 0 aliphatic carbocycles. The van der Waals surface area contributed by atoms with Gasteiger partial charge in [-0.2, -0.15) is 5.26 Å². The Hall–Kier alpha value is -0.630. The molecule has 1 unspecified atom stereocenters. The van der Waals surface area contributed by atoms with Gasteiger partial charge in [-0.25, -0.2) is 0 Å². The summed E-state index contributed by atoms with van der Waals surface area (Å²) in [6, 6.07) is 2.87. The Labute approximate surface area is 131 Å². The van der Waals surface area contributed by atoms with E-state index in [2.05, 4.69) is 62.9 Å². The minimum atomic E-state index is -0.351. The molecular weight excluding hydrogens is 260 g/mol. The van der Waals surface area contributed by atoms with Crippen molar-refractivity contribution >= 4 is 0 Å². The highest BCUT2D eigenvalue weighted by molar-refractivity contribution is 5.07. The van der Waals surface area contributed by atoms with E-state index in [1.165, 1.54) is 0 Å². The van der Waals surface area contributed by atoms with E-state index < -0.39 is 0 Å². The molecule has 1 fully saturated rings. The number of hydrogen-bond acceptors (Lipinski definition) is 4. The van der Waals surface area contributed by atoms with Gasteiger partial charge in [0.25, 0.3) is 0 Å². The molecule has 0 saturated carbocycles. The van der Waals surface area contributed by atoms with Crippen LogP contribution in [0.5, 0.6) is 0 Å². The van der Waals surface area contributed by atoms with Crippen LogP contribution in [0.1, 0.15) is 53.9 Å². The van der Waals surface area contributed by atoms with Crippen LogP contribution >= 0.6 is 0 Å². The first-order valence-electron chi connectivity index (χ1n) is 8.37. The summed E-state index contributed by atoms with van der Waals surface area (Å²) in [5, 5.41) is 13.0. The van der Waals surface area contributed by atoms with Crippen molar-refractivity contribution in [2.75, 3.05) is 33.2 Å². The molecule has 0 aromatic heterocycles. The second-order valence-electron chi connectivity index (χ2n) is 7.46. The van der Waals surface area contributed by atoms with Gasteiger partial charge in [0.2, 0.25) is 0 Å².